The minimum atomic E-state index is -0.375. The minimum Gasteiger partial charge on any atom is -0.304 e. The Bertz CT molecular complexity index is 542. The van der Waals surface area contributed by atoms with Crippen molar-refractivity contribution in [3.63, 3.8) is 0 Å². The molecule has 2 aromatic carbocycles. The van der Waals surface area contributed by atoms with Gasteiger partial charge in [-0.25, -0.2) is 4.39 Å². The zero-order valence-corrected chi connectivity index (χ0v) is 11.8. The highest BCUT2D eigenvalue weighted by Gasteiger charge is 2.12. The quantitative estimate of drug-likeness (QED) is 0.839. The Morgan fingerprint density at radius 1 is 0.947 bits per heavy atom. The van der Waals surface area contributed by atoms with Crippen LogP contribution < -0.4 is 5.32 Å². The van der Waals surface area contributed by atoms with Crippen LogP contribution in [0.1, 0.15) is 37.1 Å². The number of hydrogen-bond donors (Lipinski definition) is 1. The van der Waals surface area contributed by atoms with E-state index in [4.69, 9.17) is 11.6 Å². The molecule has 19 heavy (non-hydrogen) atoms. The molecule has 0 bridgehead atoms. The third kappa shape index (κ3) is 3.55. The summed E-state index contributed by atoms with van der Waals surface area (Å²) >= 11 is 5.69. The first-order valence-electron chi connectivity index (χ1n) is 6.34. The van der Waals surface area contributed by atoms with Crippen LogP contribution in [0.3, 0.4) is 0 Å². The average Bonchev–Trinajstić information content (AvgIpc) is 2.42. The highest BCUT2D eigenvalue weighted by atomic mass is 35.5. The molecule has 1 nitrogen and oxygen atoms in total. The van der Waals surface area contributed by atoms with Crippen LogP contribution in [0.25, 0.3) is 0 Å². The summed E-state index contributed by atoms with van der Waals surface area (Å²) in [6, 6.07) is 15.4. The molecule has 3 heteroatoms. The van der Waals surface area contributed by atoms with Crippen LogP contribution in [0.4, 0.5) is 4.39 Å². The van der Waals surface area contributed by atoms with Gasteiger partial charge in [0, 0.05) is 12.1 Å². The molecule has 0 saturated carbocycles. The Hall–Kier alpha value is -1.38. The number of halogens is 2. The summed E-state index contributed by atoms with van der Waals surface area (Å²) in [5.74, 6) is -0.375. The first-order chi connectivity index (χ1) is 9.08. The Morgan fingerprint density at radius 3 is 2.21 bits per heavy atom. The first-order valence-corrected chi connectivity index (χ1v) is 6.71. The molecule has 0 amide bonds. The summed E-state index contributed by atoms with van der Waals surface area (Å²) < 4.78 is 13.4. The van der Waals surface area contributed by atoms with Gasteiger partial charge in [0.05, 0.1) is 5.02 Å². The van der Waals surface area contributed by atoms with E-state index in [1.807, 2.05) is 31.2 Å². The molecule has 0 fully saturated rings. The van der Waals surface area contributed by atoms with Gasteiger partial charge in [-0.2, -0.15) is 0 Å². The van der Waals surface area contributed by atoms with E-state index in [1.165, 1.54) is 11.6 Å². The van der Waals surface area contributed by atoms with Crippen LogP contribution in [0, 0.1) is 5.82 Å². The van der Waals surface area contributed by atoms with Gasteiger partial charge in [-0.05, 0) is 37.1 Å². The molecular weight excluding hydrogens is 261 g/mol. The molecule has 2 atom stereocenters. The molecule has 100 valence electrons. The lowest BCUT2D eigenvalue weighted by Crippen LogP contribution is -2.22. The van der Waals surface area contributed by atoms with Crippen LogP contribution in [-0.4, -0.2) is 0 Å². The molecule has 1 N–H and O–H groups in total. The molecule has 2 rings (SSSR count). The van der Waals surface area contributed by atoms with Gasteiger partial charge in [0.15, 0.2) is 0 Å². The standard InChI is InChI=1S/C16H17ClFN/c1-11(13-6-4-3-5-7-13)19-12(2)14-8-9-15(17)16(18)10-14/h3-12,19H,1-2H3. The van der Waals surface area contributed by atoms with Crippen LogP contribution in [0.5, 0.6) is 0 Å². The van der Waals surface area contributed by atoms with Crippen molar-refractivity contribution >= 4 is 11.6 Å². The molecule has 0 saturated heterocycles. The number of nitrogens with one attached hydrogen (secondary N) is 1. The predicted molar refractivity (Wildman–Crippen MR) is 77.8 cm³/mol. The molecule has 2 aromatic rings. The summed E-state index contributed by atoms with van der Waals surface area (Å²) in [5.41, 5.74) is 2.11. The minimum absolute atomic E-state index is 0.0574. The van der Waals surface area contributed by atoms with E-state index < -0.39 is 0 Å². The second-order valence-electron chi connectivity index (χ2n) is 4.69. The Kier molecular flexibility index (Phi) is 4.56. The predicted octanol–water partition coefficient (Wildman–Crippen LogP) is 4.89. The Balaban J connectivity index is 2.08. The van der Waals surface area contributed by atoms with Crippen molar-refractivity contribution in [1.29, 1.82) is 0 Å². The molecular formula is C16H17ClFN. The highest BCUT2D eigenvalue weighted by molar-refractivity contribution is 6.30. The second-order valence-corrected chi connectivity index (χ2v) is 5.10. The van der Waals surface area contributed by atoms with Gasteiger partial charge >= 0.3 is 0 Å². The van der Waals surface area contributed by atoms with Gasteiger partial charge in [0.25, 0.3) is 0 Å². The third-order valence-electron chi connectivity index (χ3n) is 3.24. The lowest BCUT2D eigenvalue weighted by atomic mass is 10.0. The first kappa shape index (κ1) is 14.0. The second kappa shape index (κ2) is 6.18. The normalized spacial score (nSPS) is 14.1. The maximum atomic E-state index is 13.4. The zero-order chi connectivity index (χ0) is 13.8. The van der Waals surface area contributed by atoms with Crippen molar-refractivity contribution in [2.24, 2.45) is 0 Å². The van der Waals surface area contributed by atoms with Crippen molar-refractivity contribution in [1.82, 2.24) is 5.32 Å². The molecule has 2 unspecified atom stereocenters. The highest BCUT2D eigenvalue weighted by Crippen LogP contribution is 2.22. The third-order valence-corrected chi connectivity index (χ3v) is 3.55. The largest absolute Gasteiger partial charge is 0.304 e. The van der Waals surface area contributed by atoms with Crippen molar-refractivity contribution in [2.75, 3.05) is 0 Å². The van der Waals surface area contributed by atoms with E-state index in [0.29, 0.717) is 0 Å². The van der Waals surface area contributed by atoms with Crippen molar-refractivity contribution in [3.05, 3.63) is 70.5 Å². The van der Waals surface area contributed by atoms with Crippen molar-refractivity contribution < 1.29 is 4.39 Å². The molecule has 0 heterocycles. The molecule has 0 aliphatic rings. The van der Waals surface area contributed by atoms with E-state index in [2.05, 4.69) is 24.4 Å². The SMILES string of the molecule is CC(NC(C)c1ccc(Cl)c(F)c1)c1ccccc1. The van der Waals surface area contributed by atoms with E-state index in [-0.39, 0.29) is 22.9 Å². The summed E-state index contributed by atoms with van der Waals surface area (Å²) in [5, 5.41) is 3.61. The lowest BCUT2D eigenvalue weighted by Gasteiger charge is -2.21. The molecule has 0 aliphatic heterocycles. The van der Waals surface area contributed by atoms with Crippen LogP contribution in [0.15, 0.2) is 48.5 Å². The van der Waals surface area contributed by atoms with Gasteiger partial charge in [-0.15, -0.1) is 0 Å². The summed E-state index contributed by atoms with van der Waals surface area (Å²) in [4.78, 5) is 0. The van der Waals surface area contributed by atoms with Gasteiger partial charge in [-0.3, -0.25) is 0 Å². The van der Waals surface area contributed by atoms with Gasteiger partial charge in [0.2, 0.25) is 0 Å². The number of hydrogen-bond acceptors (Lipinski definition) is 1. The van der Waals surface area contributed by atoms with Gasteiger partial charge < -0.3 is 5.32 Å². The fourth-order valence-corrected chi connectivity index (χ4v) is 2.21. The maximum Gasteiger partial charge on any atom is 0.142 e. The van der Waals surface area contributed by atoms with E-state index >= 15 is 0 Å². The fourth-order valence-electron chi connectivity index (χ4n) is 2.09. The van der Waals surface area contributed by atoms with Crippen LogP contribution in [0.2, 0.25) is 5.02 Å². The zero-order valence-electron chi connectivity index (χ0n) is 11.0. The van der Waals surface area contributed by atoms with E-state index in [9.17, 15) is 4.39 Å². The van der Waals surface area contributed by atoms with Gasteiger partial charge in [0.1, 0.15) is 5.82 Å². The van der Waals surface area contributed by atoms with Crippen molar-refractivity contribution in [3.8, 4) is 0 Å². The van der Waals surface area contributed by atoms with Crippen LogP contribution >= 0.6 is 11.6 Å². The smallest absolute Gasteiger partial charge is 0.142 e. The van der Waals surface area contributed by atoms with Crippen LogP contribution in [-0.2, 0) is 0 Å². The maximum absolute atomic E-state index is 13.4. The Morgan fingerprint density at radius 2 is 1.58 bits per heavy atom. The number of rotatable bonds is 4. The summed E-state index contributed by atoms with van der Waals surface area (Å²) in [7, 11) is 0. The summed E-state index contributed by atoms with van der Waals surface area (Å²) in [6.07, 6.45) is 0. The average molecular weight is 278 g/mol. The summed E-state index contributed by atoms with van der Waals surface area (Å²) in [6.45, 7) is 4.11. The monoisotopic (exact) mass is 277 g/mol. The van der Waals surface area contributed by atoms with Crippen molar-refractivity contribution in [2.45, 2.75) is 25.9 Å². The Labute approximate surface area is 118 Å². The molecule has 0 spiro atoms. The molecule has 0 radical (unpaired) electrons. The van der Waals surface area contributed by atoms with E-state index in [1.54, 1.807) is 6.07 Å². The van der Waals surface area contributed by atoms with Gasteiger partial charge in [-0.1, -0.05) is 48.0 Å². The number of benzene rings is 2. The molecule has 0 aliphatic carbocycles. The van der Waals surface area contributed by atoms with E-state index in [0.717, 1.165) is 5.56 Å². The fraction of sp³-hybridized carbons (Fsp3) is 0.250. The molecule has 0 aromatic heterocycles. The topological polar surface area (TPSA) is 12.0 Å². The lowest BCUT2D eigenvalue weighted by molar-refractivity contribution is 0.492.